The van der Waals surface area contributed by atoms with Crippen molar-refractivity contribution in [1.29, 1.82) is 0 Å². The predicted molar refractivity (Wildman–Crippen MR) is 125 cm³/mol. The number of ketones is 1. The van der Waals surface area contributed by atoms with Crippen LogP contribution in [0.25, 0.3) is 0 Å². The second kappa shape index (κ2) is 12.3. The average Bonchev–Trinajstić information content (AvgIpc) is 3.02. The Morgan fingerprint density at radius 2 is 1.93 bits per heavy atom. The molecule has 0 aromatic carbocycles. The second-order valence-corrected chi connectivity index (χ2v) is 8.67. The first kappa shape index (κ1) is 24.7. The molecule has 0 aromatic rings. The topological polar surface area (TPSA) is 23.6 Å². The van der Waals surface area contributed by atoms with E-state index in [-0.39, 0.29) is 11.2 Å². The van der Waals surface area contributed by atoms with Gasteiger partial charge in [0.2, 0.25) is 0 Å². The lowest BCUT2D eigenvalue weighted by atomic mass is 9.89. The van der Waals surface area contributed by atoms with Gasteiger partial charge in [0.15, 0.2) is 5.78 Å². The number of hydrogen-bond acceptors (Lipinski definition) is 4. The van der Waals surface area contributed by atoms with E-state index in [0.29, 0.717) is 0 Å². The number of carbonyl (C=O) groups is 1. The molecule has 2 rings (SSSR count). The molecule has 2 aliphatic rings. The Balaban J connectivity index is 0.00000190. The van der Waals surface area contributed by atoms with Crippen LogP contribution in [-0.2, 0) is 4.79 Å². The van der Waals surface area contributed by atoms with E-state index >= 15 is 0 Å². The van der Waals surface area contributed by atoms with Crippen molar-refractivity contribution in [3.63, 3.8) is 0 Å². The van der Waals surface area contributed by atoms with Gasteiger partial charge in [-0.1, -0.05) is 77.2 Å². The van der Waals surface area contributed by atoms with Crippen molar-refractivity contribution in [2.75, 3.05) is 26.2 Å². The lowest BCUT2D eigenvalue weighted by molar-refractivity contribution is -0.113. The van der Waals surface area contributed by atoms with Crippen LogP contribution in [0, 0.1) is 5.41 Å². The van der Waals surface area contributed by atoms with Crippen LogP contribution in [0.1, 0.15) is 54.9 Å². The summed E-state index contributed by atoms with van der Waals surface area (Å²) in [7, 11) is 0. The first-order valence-electron chi connectivity index (χ1n) is 10.5. The molecule has 0 N–H and O–H groups in total. The Hall–Kier alpha value is -1.36. The molecule has 156 valence electrons. The lowest BCUT2D eigenvalue weighted by Gasteiger charge is -2.21. The van der Waals surface area contributed by atoms with E-state index in [0.717, 1.165) is 43.7 Å². The predicted octanol–water partition coefficient (Wildman–Crippen LogP) is 6.14. The Bertz CT molecular complexity index is 668. The van der Waals surface area contributed by atoms with E-state index in [1.165, 1.54) is 5.57 Å². The maximum atomic E-state index is 12.1. The minimum atomic E-state index is -0.0316. The molecule has 0 unspecified atom stereocenters. The Labute approximate surface area is 177 Å². The summed E-state index contributed by atoms with van der Waals surface area (Å²) in [5.41, 5.74) is 3.30. The van der Waals surface area contributed by atoms with Gasteiger partial charge in [-0.05, 0) is 31.4 Å². The third-order valence-corrected chi connectivity index (χ3v) is 5.62. The molecule has 1 fully saturated rings. The van der Waals surface area contributed by atoms with Crippen LogP contribution in [0.4, 0.5) is 0 Å². The van der Waals surface area contributed by atoms with E-state index < -0.39 is 0 Å². The summed E-state index contributed by atoms with van der Waals surface area (Å²) in [4.78, 5) is 12.1. The molecule has 1 aliphatic carbocycles. The molecule has 0 amide bonds. The van der Waals surface area contributed by atoms with E-state index in [1.807, 2.05) is 26.0 Å². The van der Waals surface area contributed by atoms with Gasteiger partial charge in [-0.2, -0.15) is 0 Å². The third kappa shape index (κ3) is 7.94. The Kier molecular flexibility index (Phi) is 10.8. The molecule has 0 saturated carbocycles. The van der Waals surface area contributed by atoms with E-state index in [2.05, 4.69) is 66.7 Å². The summed E-state index contributed by atoms with van der Waals surface area (Å²) in [6.45, 7) is 18.1. The zero-order valence-electron chi connectivity index (χ0n) is 18.8. The molecule has 0 bridgehead atoms. The van der Waals surface area contributed by atoms with Crippen molar-refractivity contribution in [2.24, 2.45) is 5.41 Å². The number of rotatable bonds is 7. The van der Waals surface area contributed by atoms with Crippen molar-refractivity contribution in [3.8, 4) is 0 Å². The highest BCUT2D eigenvalue weighted by Gasteiger charge is 2.26. The normalized spacial score (nSPS) is 20.5. The van der Waals surface area contributed by atoms with Crippen LogP contribution >= 0.6 is 12.1 Å². The number of allylic oxidation sites excluding steroid dienone is 6. The zero-order valence-corrected chi connectivity index (χ0v) is 19.6. The molecule has 0 spiro atoms. The van der Waals surface area contributed by atoms with Crippen LogP contribution < -0.4 is 0 Å². The van der Waals surface area contributed by atoms with Gasteiger partial charge in [0.05, 0.1) is 0 Å². The summed E-state index contributed by atoms with van der Waals surface area (Å²) >= 11 is 1.79. The maximum absolute atomic E-state index is 12.1. The third-order valence-electron chi connectivity index (χ3n) is 4.53. The molecule has 1 heterocycles. The van der Waals surface area contributed by atoms with Crippen LogP contribution in [0.15, 0.2) is 59.3 Å². The van der Waals surface area contributed by atoms with Crippen LogP contribution in [0.2, 0.25) is 0 Å². The minimum Gasteiger partial charge on any atom is -0.295 e. The van der Waals surface area contributed by atoms with E-state index in [9.17, 15) is 4.79 Å². The lowest BCUT2D eigenvalue weighted by Crippen LogP contribution is -2.20. The fraction of sp³-hybridized carbons (Fsp3) is 0.542. The molecule has 0 radical (unpaired) electrons. The quantitative estimate of drug-likeness (QED) is 0.377. The Morgan fingerprint density at radius 3 is 2.54 bits per heavy atom. The molecular formula is C24H38N2OS. The number of nitrogens with zero attached hydrogens (tertiary/aromatic N) is 2. The highest BCUT2D eigenvalue weighted by atomic mass is 32.2. The van der Waals surface area contributed by atoms with Crippen LogP contribution in [0.5, 0.6) is 0 Å². The smallest absolute Gasteiger partial charge is 0.160 e. The van der Waals surface area contributed by atoms with Crippen molar-refractivity contribution in [1.82, 2.24) is 8.61 Å². The average molecular weight is 403 g/mol. The molecule has 1 aliphatic heterocycles. The summed E-state index contributed by atoms with van der Waals surface area (Å²) in [6, 6.07) is 0. The van der Waals surface area contributed by atoms with Gasteiger partial charge in [0.1, 0.15) is 0 Å². The molecule has 0 aromatic heterocycles. The number of Topliss-reactive ketones (excluding diaryl/α,β-unsaturated/α-hetero) is 1. The van der Waals surface area contributed by atoms with E-state index in [4.69, 9.17) is 0 Å². The standard InChI is InChI=1S/C22H32N2OS.C2H6/c1-6-8-10-19(7-2)16-23-13-14-24(26-23)17-20-15-22(4,5)12-9-11-21(20)18(3)25;1-2/h7-12,15H,6,13-14,16-17H2,1-5H3;1-2H3/b10-8-,19-7+;. The molecule has 4 heteroatoms. The van der Waals surface area contributed by atoms with Crippen molar-refractivity contribution < 1.29 is 4.79 Å². The summed E-state index contributed by atoms with van der Waals surface area (Å²) in [5.74, 6) is 0.139. The SMILES string of the molecule is C/C=C(\C=C/CC)CN1CCN(CC2=CC(C)(C)C=CC=C2C(C)=O)S1.CC. The fourth-order valence-electron chi connectivity index (χ4n) is 3.14. The Morgan fingerprint density at radius 1 is 1.25 bits per heavy atom. The molecular weight excluding hydrogens is 364 g/mol. The number of hydrogen-bond donors (Lipinski definition) is 0. The monoisotopic (exact) mass is 402 g/mol. The first-order chi connectivity index (χ1) is 13.3. The molecule has 3 nitrogen and oxygen atoms in total. The highest BCUT2D eigenvalue weighted by Crippen LogP contribution is 2.31. The molecule has 1 saturated heterocycles. The van der Waals surface area contributed by atoms with Crippen molar-refractivity contribution in [3.05, 3.63) is 59.3 Å². The van der Waals surface area contributed by atoms with Gasteiger partial charge in [0, 0.05) is 49.3 Å². The van der Waals surface area contributed by atoms with Gasteiger partial charge in [-0.25, -0.2) is 8.61 Å². The molecule has 0 atom stereocenters. The van der Waals surface area contributed by atoms with Gasteiger partial charge < -0.3 is 0 Å². The van der Waals surface area contributed by atoms with Gasteiger partial charge >= 0.3 is 0 Å². The van der Waals surface area contributed by atoms with E-state index in [1.54, 1.807) is 19.1 Å². The fourth-order valence-corrected chi connectivity index (χ4v) is 4.19. The van der Waals surface area contributed by atoms with Gasteiger partial charge in [-0.3, -0.25) is 4.79 Å². The van der Waals surface area contributed by atoms with Gasteiger partial charge in [-0.15, -0.1) is 0 Å². The second-order valence-electron chi connectivity index (χ2n) is 7.47. The largest absolute Gasteiger partial charge is 0.295 e. The van der Waals surface area contributed by atoms with Crippen LogP contribution in [-0.4, -0.2) is 40.6 Å². The molecule has 28 heavy (non-hydrogen) atoms. The highest BCUT2D eigenvalue weighted by molar-refractivity contribution is 7.94. The van der Waals surface area contributed by atoms with Crippen LogP contribution in [0.3, 0.4) is 0 Å². The first-order valence-corrected chi connectivity index (χ1v) is 11.2. The summed E-state index contributed by atoms with van der Waals surface area (Å²) in [6.07, 6.45) is 16.1. The minimum absolute atomic E-state index is 0.0316. The number of carbonyl (C=O) groups excluding carboxylic acids is 1. The summed E-state index contributed by atoms with van der Waals surface area (Å²) in [5, 5.41) is 0. The maximum Gasteiger partial charge on any atom is 0.160 e. The van der Waals surface area contributed by atoms with Gasteiger partial charge in [0.25, 0.3) is 0 Å². The summed E-state index contributed by atoms with van der Waals surface area (Å²) < 4.78 is 4.76. The van der Waals surface area contributed by atoms with Crippen molar-refractivity contribution >= 4 is 17.9 Å². The zero-order chi connectivity index (χ0) is 21.2. The van der Waals surface area contributed by atoms with Crippen molar-refractivity contribution in [2.45, 2.75) is 54.9 Å².